The van der Waals surface area contributed by atoms with Crippen LogP contribution in [0.15, 0.2) is 47.1 Å². The van der Waals surface area contributed by atoms with E-state index in [2.05, 4.69) is 20.9 Å². The number of carbonyl (C=O) groups is 1. The maximum Gasteiger partial charge on any atom is 0.260 e. The molecular formula is C18H19BrN2O4. The summed E-state index contributed by atoms with van der Waals surface area (Å²) in [4.78, 5) is 18.3. The fourth-order valence-corrected chi connectivity index (χ4v) is 2.86. The molecule has 2 heterocycles. The first kappa shape index (κ1) is 17.5. The highest BCUT2D eigenvalue weighted by molar-refractivity contribution is 9.10. The van der Waals surface area contributed by atoms with E-state index in [4.69, 9.17) is 14.2 Å². The van der Waals surface area contributed by atoms with Crippen molar-refractivity contribution in [2.24, 2.45) is 0 Å². The number of methoxy groups -OCH3 is 1. The molecule has 1 saturated heterocycles. The normalized spacial score (nSPS) is 16.6. The second-order valence-electron chi connectivity index (χ2n) is 5.62. The lowest BCUT2D eigenvalue weighted by Gasteiger charge is -2.18. The van der Waals surface area contributed by atoms with Crippen LogP contribution in [0.2, 0.25) is 0 Å². The molecule has 1 atom stereocenters. The predicted molar refractivity (Wildman–Crippen MR) is 96.0 cm³/mol. The molecule has 6 nitrogen and oxygen atoms in total. The van der Waals surface area contributed by atoms with Crippen LogP contribution in [-0.2, 0) is 4.79 Å². The number of hydrogen-bond donors (Lipinski definition) is 0. The molecule has 0 radical (unpaired) electrons. The van der Waals surface area contributed by atoms with Gasteiger partial charge in [0.1, 0.15) is 6.10 Å². The van der Waals surface area contributed by atoms with Crippen molar-refractivity contribution >= 4 is 21.8 Å². The summed E-state index contributed by atoms with van der Waals surface area (Å²) in [5, 5.41) is 0. The van der Waals surface area contributed by atoms with E-state index in [1.54, 1.807) is 36.4 Å². The third-order valence-corrected chi connectivity index (χ3v) is 4.37. The Morgan fingerprint density at radius 2 is 2.08 bits per heavy atom. The minimum absolute atomic E-state index is 0.0242. The topological polar surface area (TPSA) is 60.9 Å². The van der Waals surface area contributed by atoms with E-state index in [0.29, 0.717) is 30.5 Å². The number of benzene rings is 1. The van der Waals surface area contributed by atoms with E-state index in [0.717, 1.165) is 10.9 Å². The van der Waals surface area contributed by atoms with E-state index in [9.17, 15) is 4.79 Å². The van der Waals surface area contributed by atoms with Gasteiger partial charge in [0.2, 0.25) is 5.88 Å². The molecule has 0 unspecified atom stereocenters. The summed E-state index contributed by atoms with van der Waals surface area (Å²) in [5.41, 5.74) is 0. The number of rotatable bonds is 6. The number of hydrogen-bond acceptors (Lipinski definition) is 5. The number of carbonyl (C=O) groups excluding carboxylic acids is 1. The standard InChI is InChI=1S/C18H19BrN2O4/c1-23-15-4-2-3-5-16(15)24-12-18(22)21-9-8-14(11-21)25-17-7-6-13(19)10-20-17/h2-7,10,14H,8-9,11-12H2,1H3/t14-/m1/s1. The Labute approximate surface area is 154 Å². The number of halogens is 1. The van der Waals surface area contributed by atoms with Crippen molar-refractivity contribution in [2.75, 3.05) is 26.8 Å². The fraction of sp³-hybridized carbons (Fsp3) is 0.333. The third-order valence-electron chi connectivity index (χ3n) is 3.91. The van der Waals surface area contributed by atoms with Crippen LogP contribution >= 0.6 is 15.9 Å². The molecular weight excluding hydrogens is 388 g/mol. The molecule has 0 aliphatic carbocycles. The van der Waals surface area contributed by atoms with Crippen molar-refractivity contribution in [3.8, 4) is 17.4 Å². The lowest BCUT2D eigenvalue weighted by atomic mass is 10.3. The van der Waals surface area contributed by atoms with Crippen LogP contribution in [0.3, 0.4) is 0 Å². The first-order valence-electron chi connectivity index (χ1n) is 7.97. The monoisotopic (exact) mass is 406 g/mol. The number of amides is 1. The molecule has 1 fully saturated rings. The van der Waals surface area contributed by atoms with Gasteiger partial charge in [0.05, 0.1) is 13.7 Å². The van der Waals surface area contributed by atoms with E-state index in [1.165, 1.54) is 0 Å². The van der Waals surface area contributed by atoms with Crippen LogP contribution in [0.25, 0.3) is 0 Å². The van der Waals surface area contributed by atoms with Crippen molar-refractivity contribution in [3.63, 3.8) is 0 Å². The Hall–Kier alpha value is -2.28. The second kappa shape index (κ2) is 8.20. The maximum absolute atomic E-state index is 12.3. The van der Waals surface area contributed by atoms with Crippen LogP contribution in [0.4, 0.5) is 0 Å². The van der Waals surface area contributed by atoms with E-state index in [1.807, 2.05) is 18.2 Å². The number of nitrogens with zero attached hydrogens (tertiary/aromatic N) is 2. The number of likely N-dealkylation sites (tertiary alicyclic amines) is 1. The van der Waals surface area contributed by atoms with Crippen LogP contribution in [-0.4, -0.2) is 48.7 Å². The zero-order valence-corrected chi connectivity index (χ0v) is 15.4. The molecule has 0 saturated carbocycles. The van der Waals surface area contributed by atoms with Gasteiger partial charge in [-0.05, 0) is 34.1 Å². The third kappa shape index (κ3) is 4.63. The van der Waals surface area contributed by atoms with Crippen LogP contribution < -0.4 is 14.2 Å². The fourth-order valence-electron chi connectivity index (χ4n) is 2.62. The highest BCUT2D eigenvalue weighted by atomic mass is 79.9. The Balaban J connectivity index is 1.49. The predicted octanol–water partition coefficient (Wildman–Crippen LogP) is 2.91. The minimum Gasteiger partial charge on any atom is -0.493 e. The van der Waals surface area contributed by atoms with Crippen molar-refractivity contribution in [1.29, 1.82) is 0 Å². The van der Waals surface area contributed by atoms with Gasteiger partial charge in [0.15, 0.2) is 18.1 Å². The molecule has 0 bridgehead atoms. The molecule has 1 aliphatic rings. The van der Waals surface area contributed by atoms with E-state index >= 15 is 0 Å². The number of pyridine rings is 1. The Morgan fingerprint density at radius 1 is 1.28 bits per heavy atom. The molecule has 1 aromatic heterocycles. The number of ether oxygens (including phenoxy) is 3. The summed E-state index contributed by atoms with van der Waals surface area (Å²) < 4.78 is 17.5. The van der Waals surface area contributed by atoms with Crippen LogP contribution in [0.5, 0.6) is 17.4 Å². The van der Waals surface area contributed by atoms with Gasteiger partial charge in [-0.3, -0.25) is 4.79 Å². The van der Waals surface area contributed by atoms with Gasteiger partial charge in [0, 0.05) is 29.7 Å². The molecule has 3 rings (SSSR count). The van der Waals surface area contributed by atoms with Gasteiger partial charge in [-0.15, -0.1) is 0 Å². The zero-order chi connectivity index (χ0) is 17.6. The van der Waals surface area contributed by atoms with Gasteiger partial charge >= 0.3 is 0 Å². The van der Waals surface area contributed by atoms with E-state index < -0.39 is 0 Å². The van der Waals surface area contributed by atoms with Gasteiger partial charge in [-0.25, -0.2) is 4.98 Å². The average Bonchev–Trinajstić information content (AvgIpc) is 3.10. The maximum atomic E-state index is 12.3. The molecule has 0 N–H and O–H groups in total. The first-order valence-corrected chi connectivity index (χ1v) is 8.77. The second-order valence-corrected chi connectivity index (χ2v) is 6.54. The minimum atomic E-state index is -0.0687. The summed E-state index contributed by atoms with van der Waals surface area (Å²) in [6.45, 7) is 1.16. The van der Waals surface area contributed by atoms with Crippen LogP contribution in [0, 0.1) is 0 Å². The van der Waals surface area contributed by atoms with Gasteiger partial charge < -0.3 is 19.1 Å². The Bertz CT molecular complexity index is 723. The first-order chi connectivity index (χ1) is 12.2. The number of para-hydroxylation sites is 2. The molecule has 1 aromatic carbocycles. The smallest absolute Gasteiger partial charge is 0.260 e. The van der Waals surface area contributed by atoms with Crippen molar-refractivity contribution in [3.05, 3.63) is 47.1 Å². The Kier molecular flexibility index (Phi) is 5.75. The summed E-state index contributed by atoms with van der Waals surface area (Å²) in [6, 6.07) is 11.0. The summed E-state index contributed by atoms with van der Waals surface area (Å²) >= 11 is 3.34. The van der Waals surface area contributed by atoms with Gasteiger partial charge in [0.25, 0.3) is 5.91 Å². The van der Waals surface area contributed by atoms with Crippen LogP contribution in [0.1, 0.15) is 6.42 Å². The molecule has 1 aliphatic heterocycles. The molecule has 132 valence electrons. The largest absolute Gasteiger partial charge is 0.493 e. The van der Waals surface area contributed by atoms with Crippen molar-refractivity contribution in [2.45, 2.75) is 12.5 Å². The molecule has 0 spiro atoms. The molecule has 2 aromatic rings. The van der Waals surface area contributed by atoms with Gasteiger partial charge in [-0.1, -0.05) is 12.1 Å². The van der Waals surface area contributed by atoms with Crippen molar-refractivity contribution in [1.82, 2.24) is 9.88 Å². The average molecular weight is 407 g/mol. The molecule has 25 heavy (non-hydrogen) atoms. The summed E-state index contributed by atoms with van der Waals surface area (Å²) in [7, 11) is 1.57. The van der Waals surface area contributed by atoms with Gasteiger partial charge in [-0.2, -0.15) is 0 Å². The summed E-state index contributed by atoms with van der Waals surface area (Å²) in [5.74, 6) is 1.66. The number of aromatic nitrogens is 1. The zero-order valence-electron chi connectivity index (χ0n) is 13.9. The highest BCUT2D eigenvalue weighted by Gasteiger charge is 2.28. The van der Waals surface area contributed by atoms with E-state index in [-0.39, 0.29) is 18.6 Å². The quantitative estimate of drug-likeness (QED) is 0.737. The Morgan fingerprint density at radius 3 is 2.80 bits per heavy atom. The SMILES string of the molecule is COc1ccccc1OCC(=O)N1CC[C@@H](Oc2ccc(Br)cn2)C1. The lowest BCUT2D eigenvalue weighted by Crippen LogP contribution is -2.34. The molecule has 1 amide bonds. The highest BCUT2D eigenvalue weighted by Crippen LogP contribution is 2.26. The summed E-state index contributed by atoms with van der Waals surface area (Å²) in [6.07, 6.45) is 2.41. The lowest BCUT2D eigenvalue weighted by molar-refractivity contribution is -0.132. The molecule has 7 heteroatoms. The van der Waals surface area contributed by atoms with Crippen molar-refractivity contribution < 1.29 is 19.0 Å².